The normalized spacial score (nSPS) is 11.2. The molecule has 21 heavy (non-hydrogen) atoms. The first-order valence-electron chi connectivity index (χ1n) is 6.22. The number of hydrogen-bond donors (Lipinski definition) is 0. The first-order chi connectivity index (χ1) is 10.3. The average Bonchev–Trinajstić information content (AvgIpc) is 3.06. The minimum atomic E-state index is -0.389. The fourth-order valence-electron chi connectivity index (χ4n) is 2.39. The Bertz CT molecular complexity index is 989. The molecule has 0 fully saturated rings. The van der Waals surface area contributed by atoms with Gasteiger partial charge in [0.05, 0.1) is 21.5 Å². The van der Waals surface area contributed by atoms with Gasteiger partial charge in [0.2, 0.25) is 4.96 Å². The molecule has 0 bridgehead atoms. The number of benzene rings is 2. The lowest BCUT2D eigenvalue weighted by molar-refractivity contribution is -0.384. The summed E-state index contributed by atoms with van der Waals surface area (Å²) in [4.78, 5) is 16.0. The number of rotatable bonds is 2. The third kappa shape index (κ3) is 1.71. The second-order valence-corrected chi connectivity index (χ2v) is 5.23. The monoisotopic (exact) mass is 296 g/mol. The van der Waals surface area contributed by atoms with Crippen molar-refractivity contribution < 1.29 is 4.92 Å². The summed E-state index contributed by atoms with van der Waals surface area (Å²) in [6.45, 7) is 0. The Kier molecular flexibility index (Phi) is 2.48. The molecule has 0 aliphatic carbocycles. The van der Waals surface area contributed by atoms with Crippen molar-refractivity contribution in [3.8, 4) is 11.4 Å². The Hall–Kier alpha value is -2.80. The smallest absolute Gasteiger partial charge is 0.265 e. The van der Waals surface area contributed by atoms with Crippen LogP contribution >= 0.6 is 11.5 Å². The Morgan fingerprint density at radius 3 is 2.71 bits per heavy atom. The van der Waals surface area contributed by atoms with E-state index in [0.29, 0.717) is 11.4 Å². The van der Waals surface area contributed by atoms with Crippen molar-refractivity contribution in [1.29, 1.82) is 0 Å². The fraction of sp³-hybridized carbons (Fsp3) is 0. The molecule has 4 aromatic rings. The third-order valence-electron chi connectivity index (χ3n) is 3.30. The van der Waals surface area contributed by atoms with Crippen LogP contribution in [0.15, 0.2) is 48.5 Å². The zero-order chi connectivity index (χ0) is 14.4. The maximum Gasteiger partial charge on any atom is 0.280 e. The number of imidazole rings is 1. The standard InChI is InChI=1S/C14H8N4O2S/c19-18(20)11-7-3-1-5-9(11)13-16-21-14-15-10-6-2-4-8-12(10)17(13)14/h1-8H. The van der Waals surface area contributed by atoms with Crippen LogP contribution in [0.1, 0.15) is 0 Å². The number of nitro groups is 1. The lowest BCUT2D eigenvalue weighted by Crippen LogP contribution is -1.94. The highest BCUT2D eigenvalue weighted by Gasteiger charge is 2.20. The molecule has 2 heterocycles. The van der Waals surface area contributed by atoms with Gasteiger partial charge >= 0.3 is 0 Å². The van der Waals surface area contributed by atoms with E-state index in [0.717, 1.165) is 16.0 Å². The molecule has 0 amide bonds. The van der Waals surface area contributed by atoms with Gasteiger partial charge in [-0.2, -0.15) is 4.37 Å². The van der Waals surface area contributed by atoms with Gasteiger partial charge in [0, 0.05) is 17.6 Å². The van der Waals surface area contributed by atoms with Crippen LogP contribution in [-0.2, 0) is 0 Å². The summed E-state index contributed by atoms with van der Waals surface area (Å²) in [6.07, 6.45) is 0. The van der Waals surface area contributed by atoms with E-state index in [-0.39, 0.29) is 10.6 Å². The summed E-state index contributed by atoms with van der Waals surface area (Å²) in [6, 6.07) is 14.3. The van der Waals surface area contributed by atoms with Crippen LogP contribution in [0.25, 0.3) is 27.4 Å². The summed E-state index contributed by atoms with van der Waals surface area (Å²) in [5, 5.41) is 11.2. The van der Waals surface area contributed by atoms with Gasteiger partial charge in [0.25, 0.3) is 5.69 Å². The van der Waals surface area contributed by atoms with E-state index in [2.05, 4.69) is 9.36 Å². The van der Waals surface area contributed by atoms with Crippen molar-refractivity contribution in [2.45, 2.75) is 0 Å². The van der Waals surface area contributed by atoms with E-state index in [4.69, 9.17) is 0 Å². The number of nitro benzene ring substituents is 1. The third-order valence-corrected chi connectivity index (χ3v) is 4.00. The predicted octanol–water partition coefficient (Wildman–Crippen LogP) is 3.52. The number of fused-ring (bicyclic) bond motifs is 3. The SMILES string of the molecule is O=[N+]([O-])c1ccccc1-c1nsc2nc3ccccc3n12. The van der Waals surface area contributed by atoms with E-state index in [1.165, 1.54) is 17.6 Å². The maximum atomic E-state index is 11.2. The number of hydrogen-bond acceptors (Lipinski definition) is 5. The molecule has 0 spiro atoms. The second kappa shape index (κ2) is 4.35. The molecule has 0 aliphatic heterocycles. The first-order valence-corrected chi connectivity index (χ1v) is 7.00. The molecule has 0 saturated heterocycles. The van der Waals surface area contributed by atoms with Crippen molar-refractivity contribution in [1.82, 2.24) is 13.8 Å². The van der Waals surface area contributed by atoms with Crippen LogP contribution < -0.4 is 0 Å². The zero-order valence-electron chi connectivity index (χ0n) is 10.6. The lowest BCUT2D eigenvalue weighted by Gasteiger charge is -2.01. The van der Waals surface area contributed by atoms with Gasteiger partial charge in [0.1, 0.15) is 0 Å². The quantitative estimate of drug-likeness (QED) is 0.419. The summed E-state index contributed by atoms with van der Waals surface area (Å²) in [5.74, 6) is 0.552. The van der Waals surface area contributed by atoms with E-state index >= 15 is 0 Å². The highest BCUT2D eigenvalue weighted by molar-refractivity contribution is 7.11. The summed E-state index contributed by atoms with van der Waals surface area (Å²) < 4.78 is 6.22. The van der Waals surface area contributed by atoms with Crippen molar-refractivity contribution in [2.75, 3.05) is 0 Å². The van der Waals surface area contributed by atoms with E-state index in [9.17, 15) is 10.1 Å². The van der Waals surface area contributed by atoms with Crippen LogP contribution in [0.2, 0.25) is 0 Å². The summed E-state index contributed by atoms with van der Waals surface area (Å²) >= 11 is 1.23. The number of nitrogens with zero attached hydrogens (tertiary/aromatic N) is 4. The summed E-state index contributed by atoms with van der Waals surface area (Å²) in [5.41, 5.74) is 2.29. The average molecular weight is 296 g/mol. The highest BCUT2D eigenvalue weighted by atomic mass is 32.1. The Balaban J connectivity index is 2.10. The molecule has 0 aliphatic rings. The van der Waals surface area contributed by atoms with Crippen molar-refractivity contribution in [3.63, 3.8) is 0 Å². The molecule has 7 heteroatoms. The van der Waals surface area contributed by atoms with Crippen molar-refractivity contribution >= 4 is 33.2 Å². The van der Waals surface area contributed by atoms with Crippen LogP contribution in [-0.4, -0.2) is 18.7 Å². The van der Waals surface area contributed by atoms with Gasteiger partial charge in [-0.3, -0.25) is 14.5 Å². The zero-order valence-corrected chi connectivity index (χ0v) is 11.4. The topological polar surface area (TPSA) is 73.3 Å². The van der Waals surface area contributed by atoms with Gasteiger partial charge in [0.15, 0.2) is 5.82 Å². The van der Waals surface area contributed by atoms with Crippen LogP contribution in [0.5, 0.6) is 0 Å². The predicted molar refractivity (Wildman–Crippen MR) is 80.5 cm³/mol. The molecule has 0 unspecified atom stereocenters. The number of aromatic nitrogens is 3. The maximum absolute atomic E-state index is 11.2. The largest absolute Gasteiger partial charge is 0.280 e. The number of para-hydroxylation sites is 3. The molecular weight excluding hydrogens is 288 g/mol. The minimum Gasteiger partial charge on any atom is -0.265 e. The van der Waals surface area contributed by atoms with Crippen LogP contribution in [0, 0.1) is 10.1 Å². The van der Waals surface area contributed by atoms with E-state index < -0.39 is 0 Å². The first kappa shape index (κ1) is 12.0. The fourth-order valence-corrected chi connectivity index (χ4v) is 3.14. The minimum absolute atomic E-state index is 0.0440. The Morgan fingerprint density at radius 2 is 1.86 bits per heavy atom. The molecule has 2 aromatic carbocycles. The molecule has 0 radical (unpaired) electrons. The second-order valence-electron chi connectivity index (χ2n) is 4.50. The Labute approximate surface area is 122 Å². The highest BCUT2D eigenvalue weighted by Crippen LogP contribution is 2.32. The molecule has 6 nitrogen and oxygen atoms in total. The van der Waals surface area contributed by atoms with Crippen molar-refractivity contribution in [2.24, 2.45) is 0 Å². The molecule has 0 atom stereocenters. The van der Waals surface area contributed by atoms with Crippen molar-refractivity contribution in [3.05, 3.63) is 58.6 Å². The van der Waals surface area contributed by atoms with Gasteiger partial charge in [-0.25, -0.2) is 4.98 Å². The molecule has 4 rings (SSSR count). The van der Waals surface area contributed by atoms with Crippen LogP contribution in [0.3, 0.4) is 0 Å². The van der Waals surface area contributed by atoms with Gasteiger partial charge in [-0.05, 0) is 18.2 Å². The Morgan fingerprint density at radius 1 is 1.10 bits per heavy atom. The van der Waals surface area contributed by atoms with Gasteiger partial charge in [-0.15, -0.1) is 0 Å². The van der Waals surface area contributed by atoms with Gasteiger partial charge in [-0.1, -0.05) is 24.3 Å². The molecule has 0 saturated carbocycles. The summed E-state index contributed by atoms with van der Waals surface area (Å²) in [7, 11) is 0. The molecular formula is C14H8N4O2S. The lowest BCUT2D eigenvalue weighted by atomic mass is 10.1. The molecule has 0 N–H and O–H groups in total. The van der Waals surface area contributed by atoms with E-state index in [1.807, 2.05) is 28.7 Å². The van der Waals surface area contributed by atoms with Crippen LogP contribution in [0.4, 0.5) is 5.69 Å². The van der Waals surface area contributed by atoms with E-state index in [1.54, 1.807) is 18.2 Å². The molecule has 2 aromatic heterocycles. The molecule has 102 valence electrons. The van der Waals surface area contributed by atoms with Gasteiger partial charge < -0.3 is 0 Å².